The van der Waals surface area contributed by atoms with Gasteiger partial charge in [-0.15, -0.1) is 0 Å². The molecule has 3 aliphatic rings. The quantitative estimate of drug-likeness (QED) is 0.105. The molecular weight excluding hydrogens is 690 g/mol. The number of hydrogen-bond acceptors (Lipinski definition) is 9. The molecule has 2 aromatic heterocycles. The fraction of sp³-hybridized carbons (Fsp3) is 0.613. The van der Waals surface area contributed by atoms with E-state index in [1.165, 1.54) is 0 Å². The second-order valence-electron chi connectivity index (χ2n) is 14.2. The van der Waals surface area contributed by atoms with Gasteiger partial charge in [-0.1, -0.05) is 11.6 Å². The molecule has 2 unspecified atom stereocenters. The Hall–Kier alpha value is -2.58. The number of carbonyl (C=O) groups excluding carboxylic acids is 2. The Bertz CT molecular complexity index is 1520. The summed E-state index contributed by atoms with van der Waals surface area (Å²) in [5.41, 5.74) is 1.17. The number of hydrazine groups is 1. The van der Waals surface area contributed by atoms with E-state index in [4.69, 9.17) is 21.1 Å². The van der Waals surface area contributed by atoms with Gasteiger partial charge in [-0.2, -0.15) is 18.6 Å². The predicted octanol–water partition coefficient (Wildman–Crippen LogP) is 6.85. The molecule has 4 heterocycles. The van der Waals surface area contributed by atoms with Crippen molar-refractivity contribution in [2.24, 2.45) is 11.3 Å². The predicted molar refractivity (Wildman–Crippen MR) is 182 cm³/mol. The van der Waals surface area contributed by atoms with E-state index in [1.807, 2.05) is 42.4 Å². The number of nitrogens with zero attached hydrogens (tertiary/aromatic N) is 5. The van der Waals surface area contributed by atoms with Gasteiger partial charge >= 0.3 is 176 Å². The Kier molecular flexibility index (Phi) is 11.0. The molecule has 2 N–H and O–H groups in total. The zero-order valence-corrected chi connectivity index (χ0v) is 30.3. The molecule has 2 fully saturated rings. The van der Waals surface area contributed by atoms with Gasteiger partial charge in [0.15, 0.2) is 0 Å². The number of alkyl halides is 3. The number of aromatic nitrogens is 3. The van der Waals surface area contributed by atoms with Crippen LogP contribution in [0.5, 0.6) is 0 Å². The van der Waals surface area contributed by atoms with Crippen molar-refractivity contribution >= 4 is 48.8 Å². The summed E-state index contributed by atoms with van der Waals surface area (Å²) < 4.78 is 57.2. The van der Waals surface area contributed by atoms with Crippen LogP contribution in [0.1, 0.15) is 63.2 Å². The fourth-order valence-corrected chi connectivity index (χ4v) is 10.1. The second kappa shape index (κ2) is 14.3. The number of anilines is 1. The number of nitrogens with one attached hydrogen (secondary N) is 2. The molecule has 1 saturated carbocycles. The molecule has 5 rings (SSSR count). The van der Waals surface area contributed by atoms with Crippen molar-refractivity contribution in [1.29, 1.82) is 0 Å². The maximum atomic E-state index is 13.1. The van der Waals surface area contributed by atoms with Gasteiger partial charge in [0, 0.05) is 12.8 Å². The first-order valence-corrected chi connectivity index (χ1v) is 20.4. The van der Waals surface area contributed by atoms with E-state index in [0.717, 1.165) is 24.5 Å². The van der Waals surface area contributed by atoms with Gasteiger partial charge in [0.25, 0.3) is 0 Å². The third-order valence-electron chi connectivity index (χ3n) is 8.76. The normalized spacial score (nSPS) is 22.2. The van der Waals surface area contributed by atoms with Gasteiger partial charge in [-0.3, -0.25) is 5.01 Å². The van der Waals surface area contributed by atoms with Gasteiger partial charge in [0.1, 0.15) is 12.0 Å². The van der Waals surface area contributed by atoms with Crippen LogP contribution in [-0.2, 0) is 16.0 Å². The molecule has 2 amide bonds. The second-order valence-corrected chi connectivity index (χ2v) is 20.0. The number of hydrogen-bond donors (Lipinski definition) is 2. The van der Waals surface area contributed by atoms with Crippen LogP contribution in [0, 0.1) is 11.3 Å². The summed E-state index contributed by atoms with van der Waals surface area (Å²) in [4.78, 5) is 30.0. The number of rotatable bonds is 12. The first-order chi connectivity index (χ1) is 22.4. The molecule has 0 bridgehead atoms. The summed E-state index contributed by atoms with van der Waals surface area (Å²) in [7, 11) is -1.90. The fourth-order valence-electron chi connectivity index (χ4n) is 6.01. The van der Waals surface area contributed by atoms with E-state index in [0.29, 0.717) is 36.3 Å². The molecule has 2 atom stereocenters. The number of amides is 2. The summed E-state index contributed by atoms with van der Waals surface area (Å²) >= 11 is 7.44. The van der Waals surface area contributed by atoms with Crippen LogP contribution < -0.4 is 15.2 Å². The molecule has 0 spiro atoms. The number of carbonyl (C=O) groups is 2. The van der Waals surface area contributed by atoms with Crippen molar-refractivity contribution in [3.8, 4) is 0 Å². The van der Waals surface area contributed by atoms with Gasteiger partial charge < -0.3 is 4.74 Å². The first kappa shape index (κ1) is 36.7. The Morgan fingerprint density at radius 2 is 1.96 bits per heavy atom. The van der Waals surface area contributed by atoms with E-state index >= 15 is 0 Å². The average molecular weight is 734 g/mol. The Labute approximate surface area is 288 Å². The van der Waals surface area contributed by atoms with Gasteiger partial charge in [0.05, 0.1) is 5.41 Å². The van der Waals surface area contributed by atoms with Crippen LogP contribution in [0.2, 0.25) is 5.15 Å². The van der Waals surface area contributed by atoms with E-state index in [9.17, 15) is 22.8 Å². The van der Waals surface area contributed by atoms with Crippen LogP contribution in [0.15, 0.2) is 41.7 Å². The minimum absolute atomic E-state index is 0.000966. The van der Waals surface area contributed by atoms with Crippen molar-refractivity contribution in [2.45, 2.75) is 82.5 Å². The SMILES string of the molecule is CC(C)(C)OC(=O)N1CC(CCn2ccc(SNC(=O)c3ccc(N4C=CC(OCCCC5(C(F)(F)F)CC5)N4)nc3Cl)n2)C[PH]1(C)C. The molecule has 2 aromatic rings. The minimum atomic E-state index is -4.16. The zero-order valence-electron chi connectivity index (χ0n) is 27.8. The van der Waals surface area contributed by atoms with Crippen molar-refractivity contribution in [1.82, 2.24) is 29.6 Å². The van der Waals surface area contributed by atoms with Crippen molar-refractivity contribution in [2.75, 3.05) is 37.7 Å². The summed E-state index contributed by atoms with van der Waals surface area (Å²) in [6.45, 7) is 11.6. The molecule has 1 saturated heterocycles. The third kappa shape index (κ3) is 9.15. The maximum absolute atomic E-state index is 13.1. The first-order valence-electron chi connectivity index (χ1n) is 16.0. The number of halogens is 4. The number of aryl methyl sites for hydroxylation is 1. The van der Waals surface area contributed by atoms with E-state index in [-0.39, 0.29) is 42.7 Å². The Morgan fingerprint density at radius 1 is 1.21 bits per heavy atom. The van der Waals surface area contributed by atoms with Crippen LogP contribution in [-0.4, -0.2) is 82.1 Å². The summed E-state index contributed by atoms with van der Waals surface area (Å²) in [6, 6.07) is 5.00. The van der Waals surface area contributed by atoms with Crippen molar-refractivity contribution in [3.63, 3.8) is 0 Å². The van der Waals surface area contributed by atoms with Crippen LogP contribution in [0.3, 0.4) is 0 Å². The standard InChI is InChI=1S/C31H44ClF3N7O4PS/c1-29(2,3)46-28(44)42-19-21(20-47(42,4)5)9-15-40-16-11-25(38-40)48-39-27(43)22-7-8-23(36-26(22)32)41-17-10-24(37-41)45-18-6-12-30(13-14-30)31(33,34)35/h7-8,10-11,16-17,21,24,37,47H,6,9,12-15,18-20H2,1-5H3,(H,39,43). The van der Waals surface area contributed by atoms with E-state index in [1.54, 1.807) is 29.4 Å². The molecule has 1 aliphatic carbocycles. The van der Waals surface area contributed by atoms with Gasteiger partial charge in [-0.05, 0) is 37.8 Å². The summed E-state index contributed by atoms with van der Waals surface area (Å²) in [5, 5.41) is 6.75. The molecule has 48 heavy (non-hydrogen) atoms. The molecule has 0 aromatic carbocycles. The van der Waals surface area contributed by atoms with Crippen molar-refractivity contribution < 1.29 is 32.2 Å². The molecule has 2 aliphatic heterocycles. The van der Waals surface area contributed by atoms with Gasteiger partial charge in [0.2, 0.25) is 0 Å². The molecule has 17 heteroatoms. The zero-order chi connectivity index (χ0) is 34.9. The Balaban J connectivity index is 1.04. The Morgan fingerprint density at radius 3 is 2.62 bits per heavy atom. The average Bonchev–Trinajstić information content (AvgIpc) is 3.29. The van der Waals surface area contributed by atoms with E-state index in [2.05, 4.69) is 33.6 Å². The monoisotopic (exact) mass is 733 g/mol. The van der Waals surface area contributed by atoms with Crippen LogP contribution in [0.4, 0.5) is 23.8 Å². The summed E-state index contributed by atoms with van der Waals surface area (Å²) in [6.07, 6.45) is 2.99. The molecule has 0 radical (unpaired) electrons. The number of pyridine rings is 1. The molecule has 11 nitrogen and oxygen atoms in total. The summed E-state index contributed by atoms with van der Waals surface area (Å²) in [5.74, 6) is 0.354. The van der Waals surface area contributed by atoms with E-state index < -0.39 is 36.7 Å². The van der Waals surface area contributed by atoms with Crippen LogP contribution >= 0.6 is 31.0 Å². The topological polar surface area (TPSA) is 114 Å². The van der Waals surface area contributed by atoms with Crippen molar-refractivity contribution in [3.05, 3.63) is 47.4 Å². The molecule has 266 valence electrons. The third-order valence-corrected chi connectivity index (χ3v) is 13.2. The van der Waals surface area contributed by atoms with Crippen LogP contribution in [0.25, 0.3) is 0 Å². The molecular formula is C31H44ClF3N7O4PS. The number of ether oxygens (including phenoxy) is 2. The van der Waals surface area contributed by atoms with Gasteiger partial charge in [-0.25, -0.2) is 4.98 Å².